The number of halogens is 1. The summed E-state index contributed by atoms with van der Waals surface area (Å²) in [4.78, 5) is 8.61. The molecule has 2 aromatic heterocycles. The molecule has 0 aliphatic heterocycles. The number of hydrogen-bond acceptors (Lipinski definition) is 3. The van der Waals surface area contributed by atoms with Gasteiger partial charge in [-0.15, -0.1) is 11.3 Å². The fourth-order valence-corrected chi connectivity index (χ4v) is 3.86. The molecule has 0 fully saturated rings. The molecule has 0 saturated carbocycles. The zero-order valence-corrected chi connectivity index (χ0v) is 15.9. The minimum atomic E-state index is -0.276. The molecule has 27 heavy (non-hydrogen) atoms. The van der Waals surface area contributed by atoms with Crippen molar-refractivity contribution in [3.05, 3.63) is 76.3 Å². The van der Waals surface area contributed by atoms with Gasteiger partial charge >= 0.3 is 0 Å². The van der Waals surface area contributed by atoms with Crippen LogP contribution in [0.15, 0.2) is 70.2 Å². The summed E-state index contributed by atoms with van der Waals surface area (Å²) in [6.45, 7) is 4.02. The smallest absolute Gasteiger partial charge is 0.206 e. The van der Waals surface area contributed by atoms with E-state index in [2.05, 4.69) is 15.1 Å². The van der Waals surface area contributed by atoms with Crippen LogP contribution in [0, 0.1) is 5.82 Å². The van der Waals surface area contributed by atoms with E-state index in [-0.39, 0.29) is 11.9 Å². The van der Waals surface area contributed by atoms with E-state index in [9.17, 15) is 4.39 Å². The Morgan fingerprint density at radius 2 is 1.89 bits per heavy atom. The second-order valence-electron chi connectivity index (χ2n) is 6.45. The van der Waals surface area contributed by atoms with Gasteiger partial charge in [0.25, 0.3) is 0 Å². The molecule has 0 atom stereocenters. The largest absolute Gasteiger partial charge is 0.361 e. The second-order valence-corrected chi connectivity index (χ2v) is 7.29. The molecule has 136 valence electrons. The Balaban J connectivity index is 1.85. The predicted octanol–water partition coefficient (Wildman–Crippen LogP) is 5.03. The molecular weight excluding hydrogens is 359 g/mol. The number of thiazole rings is 1. The Morgan fingerprint density at radius 3 is 2.70 bits per heavy atom. The lowest BCUT2D eigenvalue weighted by atomic mass is 10.1. The number of para-hydroxylation sites is 1. The summed E-state index contributed by atoms with van der Waals surface area (Å²) in [7, 11) is 0. The van der Waals surface area contributed by atoms with E-state index in [1.165, 1.54) is 17.4 Å². The second kappa shape index (κ2) is 7.32. The molecule has 4 aromatic rings. The highest BCUT2D eigenvalue weighted by Crippen LogP contribution is 2.23. The topological polar surface area (TPSA) is 45.4 Å². The number of aromatic amines is 1. The molecule has 0 spiro atoms. The van der Waals surface area contributed by atoms with E-state index < -0.39 is 0 Å². The average molecular weight is 378 g/mol. The fraction of sp³-hybridized carbons (Fsp3) is 0.143. The van der Waals surface area contributed by atoms with E-state index in [4.69, 9.17) is 0 Å². The van der Waals surface area contributed by atoms with Gasteiger partial charge in [0.15, 0.2) is 0 Å². The maximum absolute atomic E-state index is 14.4. The van der Waals surface area contributed by atoms with Gasteiger partial charge in [0.2, 0.25) is 4.80 Å². The van der Waals surface area contributed by atoms with Crippen molar-refractivity contribution in [2.45, 2.75) is 19.9 Å². The fourth-order valence-electron chi connectivity index (χ4n) is 2.90. The summed E-state index contributed by atoms with van der Waals surface area (Å²) in [6.07, 6.45) is 3.71. The number of aromatic nitrogens is 2. The summed E-state index contributed by atoms with van der Waals surface area (Å²) in [6, 6.07) is 14.9. The van der Waals surface area contributed by atoms with Gasteiger partial charge in [0, 0.05) is 39.6 Å². The van der Waals surface area contributed by atoms with Gasteiger partial charge in [0.1, 0.15) is 5.82 Å². The number of hydrogen-bond donors (Lipinski definition) is 1. The number of benzene rings is 2. The Labute approximate surface area is 160 Å². The van der Waals surface area contributed by atoms with Gasteiger partial charge in [-0.3, -0.25) is 4.99 Å². The third-order valence-corrected chi connectivity index (χ3v) is 4.97. The Morgan fingerprint density at radius 1 is 1.11 bits per heavy atom. The maximum Gasteiger partial charge on any atom is 0.206 e. The number of nitrogens with one attached hydrogen (secondary N) is 1. The highest BCUT2D eigenvalue weighted by atomic mass is 32.1. The SMILES string of the molecule is CC(C)N=c1scc(-c2ccccc2F)n1/N=C/c1c[nH]c2ccccc12. The van der Waals surface area contributed by atoms with Crippen molar-refractivity contribution in [1.29, 1.82) is 0 Å². The zero-order chi connectivity index (χ0) is 18.8. The van der Waals surface area contributed by atoms with Crippen LogP contribution in [0.3, 0.4) is 0 Å². The van der Waals surface area contributed by atoms with Crippen molar-refractivity contribution in [3.63, 3.8) is 0 Å². The first kappa shape index (κ1) is 17.4. The van der Waals surface area contributed by atoms with Crippen molar-refractivity contribution >= 4 is 28.5 Å². The van der Waals surface area contributed by atoms with Crippen molar-refractivity contribution in [2.75, 3.05) is 0 Å². The van der Waals surface area contributed by atoms with Gasteiger partial charge in [0.05, 0.1) is 11.9 Å². The molecule has 2 aromatic carbocycles. The number of nitrogens with zero attached hydrogens (tertiary/aromatic N) is 3. The van der Waals surface area contributed by atoms with Crippen molar-refractivity contribution < 1.29 is 4.39 Å². The minimum Gasteiger partial charge on any atom is -0.361 e. The normalized spacial score (nSPS) is 12.7. The third-order valence-electron chi connectivity index (χ3n) is 4.14. The Bertz CT molecular complexity index is 1180. The van der Waals surface area contributed by atoms with E-state index in [0.717, 1.165) is 21.3 Å². The molecule has 1 N–H and O–H groups in total. The van der Waals surface area contributed by atoms with E-state index in [0.29, 0.717) is 11.3 Å². The standard InChI is InChI=1S/C21H19FN4S/c1-14(2)25-21-26(20(13-27-21)17-8-3-5-9-18(17)22)24-12-15-11-23-19-10-6-4-7-16(15)19/h3-14,23H,1-2H3/b24-12+,25-21?. The molecule has 0 bridgehead atoms. The third kappa shape index (κ3) is 3.48. The van der Waals surface area contributed by atoms with Gasteiger partial charge in [-0.2, -0.15) is 5.10 Å². The van der Waals surface area contributed by atoms with Crippen molar-refractivity contribution in [2.24, 2.45) is 10.1 Å². The molecule has 4 nitrogen and oxygen atoms in total. The molecule has 0 saturated heterocycles. The highest BCUT2D eigenvalue weighted by molar-refractivity contribution is 7.07. The van der Waals surface area contributed by atoms with Gasteiger partial charge in [-0.1, -0.05) is 30.3 Å². The Hall–Kier alpha value is -2.99. The summed E-state index contributed by atoms with van der Waals surface area (Å²) in [5.41, 5.74) is 3.22. The molecule has 2 heterocycles. The molecule has 0 amide bonds. The van der Waals surface area contributed by atoms with Gasteiger partial charge in [-0.25, -0.2) is 9.07 Å². The monoisotopic (exact) mass is 378 g/mol. The van der Waals surface area contributed by atoms with Crippen LogP contribution in [0.1, 0.15) is 19.4 Å². The van der Waals surface area contributed by atoms with Crippen molar-refractivity contribution in [3.8, 4) is 11.3 Å². The number of rotatable bonds is 4. The molecule has 0 unspecified atom stereocenters. The Kier molecular flexibility index (Phi) is 4.73. The van der Waals surface area contributed by atoms with Crippen LogP contribution in [0.4, 0.5) is 4.39 Å². The molecular formula is C21H19FN4S. The lowest BCUT2D eigenvalue weighted by Crippen LogP contribution is -2.14. The zero-order valence-electron chi connectivity index (χ0n) is 15.1. The van der Waals surface area contributed by atoms with Gasteiger partial charge in [-0.05, 0) is 32.0 Å². The van der Waals surface area contributed by atoms with E-state index in [1.54, 1.807) is 23.0 Å². The van der Waals surface area contributed by atoms with Crippen LogP contribution in [-0.4, -0.2) is 21.9 Å². The number of fused-ring (bicyclic) bond motifs is 1. The van der Waals surface area contributed by atoms with E-state index >= 15 is 0 Å². The number of H-pyrrole nitrogens is 1. The summed E-state index contributed by atoms with van der Waals surface area (Å²) in [5.74, 6) is -0.276. The first-order valence-corrected chi connectivity index (χ1v) is 9.61. The van der Waals surface area contributed by atoms with Crippen LogP contribution in [0.2, 0.25) is 0 Å². The van der Waals surface area contributed by atoms with Crippen LogP contribution >= 0.6 is 11.3 Å². The molecule has 6 heteroatoms. The maximum atomic E-state index is 14.4. The quantitative estimate of drug-likeness (QED) is 0.484. The van der Waals surface area contributed by atoms with E-state index in [1.807, 2.05) is 55.8 Å². The van der Waals surface area contributed by atoms with Crippen molar-refractivity contribution in [1.82, 2.24) is 9.66 Å². The summed E-state index contributed by atoms with van der Waals surface area (Å²) < 4.78 is 16.1. The highest BCUT2D eigenvalue weighted by Gasteiger charge is 2.12. The first-order valence-electron chi connectivity index (χ1n) is 8.73. The molecule has 0 aliphatic rings. The van der Waals surface area contributed by atoms with Crippen LogP contribution in [-0.2, 0) is 0 Å². The summed E-state index contributed by atoms with van der Waals surface area (Å²) >= 11 is 1.46. The minimum absolute atomic E-state index is 0.117. The van der Waals surface area contributed by atoms with Crippen LogP contribution in [0.5, 0.6) is 0 Å². The van der Waals surface area contributed by atoms with Gasteiger partial charge < -0.3 is 4.98 Å². The van der Waals surface area contributed by atoms with Crippen LogP contribution < -0.4 is 4.80 Å². The lowest BCUT2D eigenvalue weighted by molar-refractivity contribution is 0.629. The summed E-state index contributed by atoms with van der Waals surface area (Å²) in [5, 5.41) is 7.64. The predicted molar refractivity (Wildman–Crippen MR) is 110 cm³/mol. The molecule has 4 rings (SSSR count). The molecule has 0 radical (unpaired) electrons. The van der Waals surface area contributed by atoms with Crippen LogP contribution in [0.25, 0.3) is 22.2 Å². The molecule has 0 aliphatic carbocycles. The first-order chi connectivity index (χ1) is 13.1. The lowest BCUT2D eigenvalue weighted by Gasteiger charge is -2.05. The average Bonchev–Trinajstić information content (AvgIpc) is 3.24.